The number of hydrogen-bond acceptors (Lipinski definition) is 4. The number of ether oxygens (including phenoxy) is 2. The summed E-state index contributed by atoms with van der Waals surface area (Å²) in [5, 5.41) is 0. The highest BCUT2D eigenvalue weighted by Gasteiger charge is 2.30. The number of nitrogens with one attached hydrogen (secondary N) is 2. The summed E-state index contributed by atoms with van der Waals surface area (Å²) >= 11 is 0. The molecule has 126 valence electrons. The Hall–Kier alpha value is -2.29. The minimum atomic E-state index is -4.43. The van der Waals surface area contributed by atoms with Crippen LogP contribution >= 0.6 is 0 Å². The first-order chi connectivity index (χ1) is 10.9. The predicted octanol–water partition coefficient (Wildman–Crippen LogP) is 1.41. The van der Waals surface area contributed by atoms with Gasteiger partial charge in [0.05, 0.1) is 5.56 Å². The molecule has 1 saturated heterocycles. The summed E-state index contributed by atoms with van der Waals surface area (Å²) in [4.78, 5) is 23.0. The van der Waals surface area contributed by atoms with Gasteiger partial charge in [-0.15, -0.1) is 0 Å². The van der Waals surface area contributed by atoms with E-state index in [2.05, 4.69) is 10.9 Å². The average molecular weight is 332 g/mol. The highest BCUT2D eigenvalue weighted by Crippen LogP contribution is 2.30. The van der Waals surface area contributed by atoms with Gasteiger partial charge in [0.25, 0.3) is 11.8 Å². The molecule has 1 heterocycles. The summed E-state index contributed by atoms with van der Waals surface area (Å²) in [6.45, 7) is 0.0558. The lowest BCUT2D eigenvalue weighted by molar-refractivity contribution is -0.137. The first-order valence-electron chi connectivity index (χ1n) is 6.86. The molecule has 1 fully saturated rings. The van der Waals surface area contributed by atoms with Crippen LogP contribution in [-0.2, 0) is 20.5 Å². The van der Waals surface area contributed by atoms with E-state index in [1.54, 1.807) is 0 Å². The average Bonchev–Trinajstić information content (AvgIpc) is 3.04. The molecule has 6 nitrogen and oxygen atoms in total. The molecular formula is C14H15F3N2O4. The number of benzene rings is 1. The standard InChI is InChI=1S/C14H15F3N2O4/c15-14(16,17)9-3-5-10(6-4-9)23-8-12(20)18-19-13(21)11-2-1-7-22-11/h3-6,11H,1-2,7-8H2,(H,18,20)(H,19,21). The van der Waals surface area contributed by atoms with Gasteiger partial charge in [-0.25, -0.2) is 0 Å². The zero-order valence-corrected chi connectivity index (χ0v) is 12.0. The molecule has 23 heavy (non-hydrogen) atoms. The number of alkyl halides is 3. The smallest absolute Gasteiger partial charge is 0.416 e. The zero-order chi connectivity index (χ0) is 16.9. The van der Waals surface area contributed by atoms with Crippen molar-refractivity contribution < 1.29 is 32.2 Å². The Bertz CT molecular complexity index is 554. The number of halogens is 3. The van der Waals surface area contributed by atoms with E-state index in [1.807, 2.05) is 0 Å². The Labute approximate surface area is 129 Å². The summed E-state index contributed by atoms with van der Waals surface area (Å²) in [7, 11) is 0. The maximum absolute atomic E-state index is 12.4. The fourth-order valence-corrected chi connectivity index (χ4v) is 1.92. The second kappa shape index (κ2) is 7.32. The topological polar surface area (TPSA) is 76.7 Å². The molecule has 0 spiro atoms. The van der Waals surface area contributed by atoms with E-state index in [1.165, 1.54) is 0 Å². The Morgan fingerprint density at radius 3 is 2.48 bits per heavy atom. The lowest BCUT2D eigenvalue weighted by Gasteiger charge is -2.12. The van der Waals surface area contributed by atoms with Crippen molar-refractivity contribution in [2.45, 2.75) is 25.1 Å². The Morgan fingerprint density at radius 2 is 1.91 bits per heavy atom. The number of carbonyl (C=O) groups is 2. The second-order valence-corrected chi connectivity index (χ2v) is 4.85. The minimum absolute atomic E-state index is 0.110. The van der Waals surface area contributed by atoms with Gasteiger partial charge in [-0.3, -0.25) is 20.4 Å². The Balaban J connectivity index is 1.72. The molecule has 1 aliphatic heterocycles. The molecule has 1 aromatic rings. The van der Waals surface area contributed by atoms with Crippen molar-refractivity contribution in [1.29, 1.82) is 0 Å². The number of amides is 2. The van der Waals surface area contributed by atoms with Crippen LogP contribution in [0.2, 0.25) is 0 Å². The van der Waals surface area contributed by atoms with Gasteiger partial charge in [0.1, 0.15) is 11.9 Å². The quantitative estimate of drug-likeness (QED) is 0.818. The van der Waals surface area contributed by atoms with Crippen molar-refractivity contribution in [2.24, 2.45) is 0 Å². The fourth-order valence-electron chi connectivity index (χ4n) is 1.92. The first kappa shape index (κ1) is 17.1. The molecule has 1 aromatic carbocycles. The van der Waals surface area contributed by atoms with Gasteiger partial charge in [0.2, 0.25) is 0 Å². The number of rotatable bonds is 4. The lowest BCUT2D eigenvalue weighted by Crippen LogP contribution is -2.47. The normalized spacial score (nSPS) is 17.6. The van der Waals surface area contributed by atoms with Crippen LogP contribution in [0.15, 0.2) is 24.3 Å². The summed E-state index contributed by atoms with van der Waals surface area (Å²) in [6, 6.07) is 3.93. The van der Waals surface area contributed by atoms with Crippen LogP contribution in [0.25, 0.3) is 0 Å². The third-order valence-electron chi connectivity index (χ3n) is 3.10. The van der Waals surface area contributed by atoms with Gasteiger partial charge < -0.3 is 9.47 Å². The van der Waals surface area contributed by atoms with Crippen LogP contribution in [-0.4, -0.2) is 31.1 Å². The number of carbonyl (C=O) groups excluding carboxylic acids is 2. The largest absolute Gasteiger partial charge is 0.484 e. The molecule has 0 bridgehead atoms. The van der Waals surface area contributed by atoms with E-state index < -0.39 is 36.3 Å². The molecule has 0 aromatic heterocycles. The van der Waals surface area contributed by atoms with Crippen molar-refractivity contribution in [3.05, 3.63) is 29.8 Å². The number of hydrazine groups is 1. The highest BCUT2D eigenvalue weighted by molar-refractivity contribution is 5.85. The third kappa shape index (κ3) is 5.13. The summed E-state index contributed by atoms with van der Waals surface area (Å²) in [5.74, 6) is -0.986. The van der Waals surface area contributed by atoms with Crippen LogP contribution in [0, 0.1) is 0 Å². The molecule has 1 atom stereocenters. The van der Waals surface area contributed by atoms with Gasteiger partial charge in [-0.2, -0.15) is 13.2 Å². The van der Waals surface area contributed by atoms with Gasteiger partial charge in [0, 0.05) is 6.61 Å². The van der Waals surface area contributed by atoms with Crippen LogP contribution in [0.3, 0.4) is 0 Å². The predicted molar refractivity (Wildman–Crippen MR) is 72.2 cm³/mol. The summed E-state index contributed by atoms with van der Waals surface area (Å²) in [5.41, 5.74) is 3.53. The van der Waals surface area contributed by atoms with Crippen LogP contribution in [0.1, 0.15) is 18.4 Å². The van der Waals surface area contributed by atoms with E-state index >= 15 is 0 Å². The first-order valence-corrected chi connectivity index (χ1v) is 6.86. The maximum Gasteiger partial charge on any atom is 0.416 e. The molecule has 0 radical (unpaired) electrons. The molecule has 2 amide bonds. The van der Waals surface area contributed by atoms with E-state index in [-0.39, 0.29) is 5.75 Å². The molecule has 0 saturated carbocycles. The SMILES string of the molecule is O=C(COc1ccc(C(F)(F)F)cc1)NNC(=O)C1CCCO1. The molecule has 2 N–H and O–H groups in total. The van der Waals surface area contributed by atoms with Crippen LogP contribution < -0.4 is 15.6 Å². The van der Waals surface area contributed by atoms with Crippen molar-refractivity contribution in [3.8, 4) is 5.75 Å². The monoisotopic (exact) mass is 332 g/mol. The fraction of sp³-hybridized carbons (Fsp3) is 0.429. The van der Waals surface area contributed by atoms with E-state index in [0.717, 1.165) is 30.7 Å². The third-order valence-corrected chi connectivity index (χ3v) is 3.10. The maximum atomic E-state index is 12.4. The molecule has 1 unspecified atom stereocenters. The van der Waals surface area contributed by atoms with Gasteiger partial charge in [-0.05, 0) is 37.1 Å². The van der Waals surface area contributed by atoms with Crippen molar-refractivity contribution in [3.63, 3.8) is 0 Å². The van der Waals surface area contributed by atoms with Crippen LogP contribution in [0.4, 0.5) is 13.2 Å². The van der Waals surface area contributed by atoms with Crippen molar-refractivity contribution in [1.82, 2.24) is 10.9 Å². The Kier molecular flexibility index (Phi) is 5.43. The summed E-state index contributed by atoms with van der Waals surface area (Å²) < 4.78 is 47.3. The molecule has 2 rings (SSSR count). The van der Waals surface area contributed by atoms with E-state index in [9.17, 15) is 22.8 Å². The number of hydrogen-bond donors (Lipinski definition) is 2. The van der Waals surface area contributed by atoms with Gasteiger partial charge in [-0.1, -0.05) is 0 Å². The molecular weight excluding hydrogens is 317 g/mol. The second-order valence-electron chi connectivity index (χ2n) is 4.85. The van der Waals surface area contributed by atoms with Crippen molar-refractivity contribution in [2.75, 3.05) is 13.2 Å². The Morgan fingerprint density at radius 1 is 1.22 bits per heavy atom. The molecule has 9 heteroatoms. The zero-order valence-electron chi connectivity index (χ0n) is 12.0. The van der Waals surface area contributed by atoms with Crippen LogP contribution in [0.5, 0.6) is 5.75 Å². The van der Waals surface area contributed by atoms with E-state index in [0.29, 0.717) is 13.0 Å². The van der Waals surface area contributed by atoms with Gasteiger partial charge in [0.15, 0.2) is 6.61 Å². The van der Waals surface area contributed by atoms with E-state index in [4.69, 9.17) is 9.47 Å². The molecule has 0 aliphatic carbocycles. The molecule has 1 aliphatic rings. The van der Waals surface area contributed by atoms with Gasteiger partial charge >= 0.3 is 6.18 Å². The lowest BCUT2D eigenvalue weighted by atomic mass is 10.2. The van der Waals surface area contributed by atoms with Crippen molar-refractivity contribution >= 4 is 11.8 Å². The highest BCUT2D eigenvalue weighted by atomic mass is 19.4. The summed E-state index contributed by atoms with van der Waals surface area (Å²) in [6.07, 6.45) is -3.64. The minimum Gasteiger partial charge on any atom is -0.484 e.